The first-order chi connectivity index (χ1) is 14.8. The zero-order chi connectivity index (χ0) is 20.2. The van der Waals surface area contributed by atoms with Gasteiger partial charge in [-0.2, -0.15) is 0 Å². The van der Waals surface area contributed by atoms with Crippen LogP contribution in [0.15, 0.2) is 85.5 Å². The molecule has 0 radical (unpaired) electrons. The monoisotopic (exact) mass is 386 g/mol. The van der Waals surface area contributed by atoms with Gasteiger partial charge in [-0.3, -0.25) is 9.97 Å². The Morgan fingerprint density at radius 2 is 0.833 bits per heavy atom. The predicted molar refractivity (Wildman–Crippen MR) is 123 cm³/mol. The van der Waals surface area contributed by atoms with Gasteiger partial charge in [-0.05, 0) is 59.7 Å². The van der Waals surface area contributed by atoms with Gasteiger partial charge in [0.2, 0.25) is 0 Å². The Labute approximate surface area is 174 Å². The average Bonchev–Trinajstić information content (AvgIpc) is 2.82. The van der Waals surface area contributed by atoms with E-state index in [0.29, 0.717) is 0 Å². The van der Waals surface area contributed by atoms with Gasteiger partial charge in [0, 0.05) is 35.6 Å². The number of pyridine rings is 4. The lowest BCUT2D eigenvalue weighted by molar-refractivity contribution is 1.32. The molecule has 1 aromatic carbocycles. The second-order valence-electron chi connectivity index (χ2n) is 6.91. The summed E-state index contributed by atoms with van der Waals surface area (Å²) in [5.41, 5.74) is 5.78. The Bertz CT molecular complexity index is 1270. The zero-order valence-corrected chi connectivity index (χ0v) is 16.2. The molecule has 0 fully saturated rings. The fourth-order valence-corrected chi connectivity index (χ4v) is 3.30. The summed E-state index contributed by atoms with van der Waals surface area (Å²) < 4.78 is 0. The van der Waals surface area contributed by atoms with Gasteiger partial charge in [-0.1, -0.05) is 36.4 Å². The molecule has 0 aliphatic carbocycles. The summed E-state index contributed by atoms with van der Waals surface area (Å²) >= 11 is 0. The zero-order valence-electron chi connectivity index (χ0n) is 16.2. The summed E-state index contributed by atoms with van der Waals surface area (Å²) in [4.78, 5) is 17.9. The van der Waals surface area contributed by atoms with Crippen LogP contribution >= 0.6 is 0 Å². The van der Waals surface area contributed by atoms with Crippen molar-refractivity contribution in [2.75, 3.05) is 0 Å². The highest BCUT2D eigenvalue weighted by Crippen LogP contribution is 2.24. The first kappa shape index (κ1) is 17.9. The molecule has 0 unspecified atom stereocenters. The summed E-state index contributed by atoms with van der Waals surface area (Å²) in [6.07, 6.45) is 15.2. The number of hydrogen-bond donors (Lipinski definition) is 0. The van der Waals surface area contributed by atoms with Gasteiger partial charge in [0.1, 0.15) is 0 Å². The van der Waals surface area contributed by atoms with Crippen LogP contribution in [0.25, 0.3) is 46.1 Å². The molecule has 5 aromatic rings. The highest BCUT2D eigenvalue weighted by atomic mass is 14.8. The number of benzene rings is 1. The van der Waals surface area contributed by atoms with Crippen molar-refractivity contribution in [3.05, 3.63) is 108 Å². The maximum atomic E-state index is 4.88. The van der Waals surface area contributed by atoms with Crippen molar-refractivity contribution < 1.29 is 0 Å². The van der Waals surface area contributed by atoms with E-state index in [0.717, 1.165) is 44.3 Å². The van der Waals surface area contributed by atoms with Crippen molar-refractivity contribution in [2.45, 2.75) is 0 Å². The third kappa shape index (κ3) is 3.84. The molecule has 4 heteroatoms. The van der Waals surface area contributed by atoms with Gasteiger partial charge in [-0.25, -0.2) is 9.97 Å². The number of aromatic nitrogens is 4. The third-order valence-electron chi connectivity index (χ3n) is 4.87. The first-order valence-corrected chi connectivity index (χ1v) is 9.72. The van der Waals surface area contributed by atoms with Crippen molar-refractivity contribution in [1.82, 2.24) is 19.9 Å². The Balaban J connectivity index is 1.55. The summed E-state index contributed by atoms with van der Waals surface area (Å²) in [7, 11) is 0. The van der Waals surface area contributed by atoms with E-state index in [1.807, 2.05) is 60.7 Å². The minimum absolute atomic E-state index is 0.895. The lowest BCUT2D eigenvalue weighted by Gasteiger charge is -2.05. The lowest BCUT2D eigenvalue weighted by Crippen LogP contribution is -1.90. The molecular formula is C26H18N4. The molecule has 0 saturated carbocycles. The number of fused-ring (bicyclic) bond motifs is 3. The van der Waals surface area contributed by atoms with E-state index in [1.54, 1.807) is 24.8 Å². The number of hydrogen-bond acceptors (Lipinski definition) is 4. The van der Waals surface area contributed by atoms with Crippen LogP contribution in [0, 0.1) is 0 Å². The summed E-state index contributed by atoms with van der Waals surface area (Å²) in [5, 5.41) is 2.15. The second-order valence-corrected chi connectivity index (χ2v) is 6.91. The highest BCUT2D eigenvalue weighted by Gasteiger charge is 2.05. The van der Waals surface area contributed by atoms with Crippen molar-refractivity contribution in [3.8, 4) is 0 Å². The van der Waals surface area contributed by atoms with Crippen LogP contribution < -0.4 is 0 Å². The highest BCUT2D eigenvalue weighted by molar-refractivity contribution is 6.03. The molecule has 4 nitrogen and oxygen atoms in total. The Morgan fingerprint density at radius 1 is 0.433 bits per heavy atom. The quantitative estimate of drug-likeness (QED) is 0.360. The van der Waals surface area contributed by atoms with Crippen molar-refractivity contribution in [1.29, 1.82) is 0 Å². The van der Waals surface area contributed by atoms with Gasteiger partial charge in [-0.15, -0.1) is 0 Å². The van der Waals surface area contributed by atoms with E-state index < -0.39 is 0 Å². The van der Waals surface area contributed by atoms with E-state index in [9.17, 15) is 0 Å². The van der Waals surface area contributed by atoms with Gasteiger partial charge in [0.25, 0.3) is 0 Å². The molecule has 0 atom stereocenters. The molecular weight excluding hydrogens is 368 g/mol. The van der Waals surface area contributed by atoms with Gasteiger partial charge in [0.05, 0.1) is 22.4 Å². The Kier molecular flexibility index (Phi) is 4.80. The average molecular weight is 386 g/mol. The van der Waals surface area contributed by atoms with E-state index in [4.69, 9.17) is 9.97 Å². The van der Waals surface area contributed by atoms with Crippen LogP contribution in [-0.4, -0.2) is 19.9 Å². The molecule has 0 bridgehead atoms. The SMILES string of the molecule is C(=C\c1ccc2ccc3ccc(/C=C/c4ccncc4)nc3c2n1)/c1ccncc1. The lowest BCUT2D eigenvalue weighted by atomic mass is 10.1. The summed E-state index contributed by atoms with van der Waals surface area (Å²) in [6.45, 7) is 0. The van der Waals surface area contributed by atoms with E-state index in [-0.39, 0.29) is 0 Å². The number of rotatable bonds is 4. The van der Waals surface area contributed by atoms with E-state index >= 15 is 0 Å². The van der Waals surface area contributed by atoms with Crippen molar-refractivity contribution >= 4 is 46.1 Å². The molecule has 0 aliphatic rings. The Morgan fingerprint density at radius 3 is 1.27 bits per heavy atom. The van der Waals surface area contributed by atoms with Crippen LogP contribution in [0.2, 0.25) is 0 Å². The first-order valence-electron chi connectivity index (χ1n) is 9.72. The van der Waals surface area contributed by atoms with Crippen LogP contribution in [0.5, 0.6) is 0 Å². The predicted octanol–water partition coefficient (Wildman–Crippen LogP) is 5.91. The second kappa shape index (κ2) is 8.05. The molecule has 4 heterocycles. The molecule has 0 spiro atoms. The van der Waals surface area contributed by atoms with Crippen LogP contribution in [0.3, 0.4) is 0 Å². The van der Waals surface area contributed by atoms with E-state index in [2.05, 4.69) is 34.2 Å². The minimum atomic E-state index is 0.895. The fraction of sp³-hybridized carbons (Fsp3) is 0. The van der Waals surface area contributed by atoms with Gasteiger partial charge < -0.3 is 0 Å². The van der Waals surface area contributed by atoms with Crippen molar-refractivity contribution in [3.63, 3.8) is 0 Å². The maximum Gasteiger partial charge on any atom is 0.0972 e. The molecule has 142 valence electrons. The van der Waals surface area contributed by atoms with Crippen LogP contribution in [-0.2, 0) is 0 Å². The van der Waals surface area contributed by atoms with Crippen molar-refractivity contribution in [2.24, 2.45) is 0 Å². The summed E-state index contributed by atoms with van der Waals surface area (Å²) in [5.74, 6) is 0. The molecule has 0 N–H and O–H groups in total. The normalized spacial score (nSPS) is 11.7. The summed E-state index contributed by atoms with van der Waals surface area (Å²) in [6, 6.07) is 20.3. The molecule has 0 amide bonds. The Hall–Kier alpha value is -4.18. The maximum absolute atomic E-state index is 4.88. The molecule has 5 rings (SSSR count). The van der Waals surface area contributed by atoms with E-state index in [1.165, 1.54) is 0 Å². The molecule has 30 heavy (non-hydrogen) atoms. The van der Waals surface area contributed by atoms with Crippen LogP contribution in [0.1, 0.15) is 22.5 Å². The molecule has 0 saturated heterocycles. The number of nitrogens with zero attached hydrogens (tertiary/aromatic N) is 4. The van der Waals surface area contributed by atoms with Gasteiger partial charge >= 0.3 is 0 Å². The smallest absolute Gasteiger partial charge is 0.0972 e. The molecule has 4 aromatic heterocycles. The minimum Gasteiger partial charge on any atom is -0.265 e. The van der Waals surface area contributed by atoms with Gasteiger partial charge in [0.15, 0.2) is 0 Å². The standard InChI is InChI=1S/C26H18N4/c1(19-11-15-27-16-12-19)7-23-9-5-21-3-4-22-6-10-24(30-26(22)25(21)29-23)8-2-20-13-17-28-18-14-20/h1-18H/b7-1+,8-2+. The van der Waals surface area contributed by atoms with Crippen LogP contribution in [0.4, 0.5) is 0 Å². The molecule has 0 aliphatic heterocycles. The fourth-order valence-electron chi connectivity index (χ4n) is 3.30. The largest absolute Gasteiger partial charge is 0.265 e. The topological polar surface area (TPSA) is 51.6 Å². The third-order valence-corrected chi connectivity index (χ3v) is 4.87.